The Morgan fingerprint density at radius 2 is 1.14 bits per heavy atom. The van der Waals surface area contributed by atoms with Gasteiger partial charge in [0.2, 0.25) is 0 Å². The maximum absolute atomic E-state index is 13.3. The highest BCUT2D eigenvalue weighted by atomic mass is 32.2. The predicted molar refractivity (Wildman–Crippen MR) is 144 cm³/mol. The number of aliphatic carboxylic acids is 1. The molecule has 0 radical (unpaired) electrons. The van der Waals surface area contributed by atoms with Gasteiger partial charge in [-0.1, -0.05) is 67.4 Å². The van der Waals surface area contributed by atoms with Crippen LogP contribution in [0.2, 0.25) is 0 Å². The standard InChI is InChI=1S/C18H15S.C11H13F5O7S/c1-4-10-16(11-5-1)19(17-12-6-2-7-13-17)18-14-8-3-9-15-18;12-10(13,14)9(11(15,16)24(20,21)22)23-8(19)6-4-2-1-3-5(6)7(17)18/h1-15H;5-6,9H,1-4H2,(H,17,18)(H,20,21,22)/q+1;/p-1. The molecule has 43 heavy (non-hydrogen) atoms. The fraction of sp³-hybridized carbons (Fsp3) is 0.310. The fourth-order valence-corrected chi connectivity index (χ4v) is 6.99. The van der Waals surface area contributed by atoms with E-state index in [4.69, 9.17) is 4.55 Å². The second kappa shape index (κ2) is 14.3. The minimum absolute atomic E-state index is 0.0146. The molecule has 1 aliphatic rings. The number of carboxylic acid groups (broad SMARTS) is 1. The Labute approximate surface area is 247 Å². The summed E-state index contributed by atoms with van der Waals surface area (Å²) in [5.74, 6) is -6.94. The van der Waals surface area contributed by atoms with Gasteiger partial charge in [0.25, 0.3) is 6.10 Å². The molecule has 0 heterocycles. The third-order valence-electron chi connectivity index (χ3n) is 6.49. The van der Waals surface area contributed by atoms with E-state index in [9.17, 15) is 45.1 Å². The molecule has 1 fully saturated rings. The average molecular weight is 647 g/mol. The first-order valence-corrected chi connectivity index (χ1v) is 15.5. The molecule has 1 N–H and O–H groups in total. The van der Waals surface area contributed by atoms with Gasteiger partial charge in [-0.3, -0.25) is 9.35 Å². The molecule has 1 saturated carbocycles. The lowest BCUT2D eigenvalue weighted by molar-refractivity contribution is -0.314. The first-order valence-electron chi connectivity index (χ1n) is 12.9. The monoisotopic (exact) mass is 646 g/mol. The number of esters is 1. The second-order valence-corrected chi connectivity index (χ2v) is 13.0. The number of alkyl halides is 5. The fourth-order valence-electron chi connectivity index (χ4n) is 4.44. The van der Waals surface area contributed by atoms with E-state index in [-0.39, 0.29) is 30.2 Å². The van der Waals surface area contributed by atoms with Crippen LogP contribution in [0.1, 0.15) is 25.7 Å². The Kier molecular flexibility index (Phi) is 11.3. The molecule has 3 unspecified atom stereocenters. The van der Waals surface area contributed by atoms with E-state index < -0.39 is 51.4 Å². The molecule has 232 valence electrons. The highest BCUT2D eigenvalue weighted by molar-refractivity contribution is 7.97. The van der Waals surface area contributed by atoms with E-state index in [2.05, 4.69) is 95.7 Å². The minimum Gasteiger partial charge on any atom is -0.550 e. The normalized spacial score (nSPS) is 18.2. The van der Waals surface area contributed by atoms with Gasteiger partial charge in [-0.15, -0.1) is 0 Å². The number of halogens is 5. The smallest absolute Gasteiger partial charge is 0.432 e. The zero-order valence-corrected chi connectivity index (χ0v) is 24.0. The van der Waals surface area contributed by atoms with Crippen LogP contribution in [0.25, 0.3) is 0 Å². The number of carboxylic acids is 1. The molecule has 1 aliphatic carbocycles. The molecule has 3 atom stereocenters. The largest absolute Gasteiger partial charge is 0.550 e. The van der Waals surface area contributed by atoms with Crippen molar-refractivity contribution in [3.05, 3.63) is 91.0 Å². The van der Waals surface area contributed by atoms with Gasteiger partial charge in [-0.25, -0.2) is 0 Å². The van der Waals surface area contributed by atoms with Crippen molar-refractivity contribution in [2.24, 2.45) is 11.8 Å². The molecule has 0 aliphatic heterocycles. The molecule has 4 rings (SSSR count). The molecule has 7 nitrogen and oxygen atoms in total. The predicted octanol–water partition coefficient (Wildman–Crippen LogP) is 5.28. The van der Waals surface area contributed by atoms with Gasteiger partial charge in [-0.05, 0) is 49.2 Å². The van der Waals surface area contributed by atoms with E-state index >= 15 is 0 Å². The Balaban J connectivity index is 0.000000241. The topological polar surface area (TPSA) is 121 Å². The van der Waals surface area contributed by atoms with Crippen LogP contribution in [0, 0.1) is 11.8 Å². The van der Waals surface area contributed by atoms with Crippen LogP contribution in [-0.2, 0) is 35.3 Å². The lowest BCUT2D eigenvalue weighted by atomic mass is 9.79. The summed E-state index contributed by atoms with van der Waals surface area (Å²) < 4.78 is 97.4. The van der Waals surface area contributed by atoms with Gasteiger partial charge in [-0.2, -0.15) is 30.4 Å². The molecule has 0 spiro atoms. The van der Waals surface area contributed by atoms with Crippen LogP contribution in [0.3, 0.4) is 0 Å². The van der Waals surface area contributed by atoms with Gasteiger partial charge in [0, 0.05) is 11.9 Å². The number of hydrogen-bond acceptors (Lipinski definition) is 6. The summed E-state index contributed by atoms with van der Waals surface area (Å²) in [6, 6.07) is 32.2. The Hall–Kier alpha value is -3.49. The van der Waals surface area contributed by atoms with Gasteiger partial charge >= 0.3 is 27.5 Å². The Morgan fingerprint density at radius 3 is 1.47 bits per heavy atom. The number of benzene rings is 3. The average Bonchev–Trinajstić information content (AvgIpc) is 2.96. The molecule has 0 bridgehead atoms. The number of rotatable bonds is 8. The van der Waals surface area contributed by atoms with Gasteiger partial charge < -0.3 is 14.6 Å². The van der Waals surface area contributed by atoms with Crippen molar-refractivity contribution in [1.29, 1.82) is 0 Å². The summed E-state index contributed by atoms with van der Waals surface area (Å²) in [5.41, 5.74) is 0. The van der Waals surface area contributed by atoms with Crippen LogP contribution in [-0.4, -0.2) is 42.4 Å². The third kappa shape index (κ3) is 8.77. The summed E-state index contributed by atoms with van der Waals surface area (Å²) in [5, 5.41) is 5.03. The molecule has 14 heteroatoms. The van der Waals surface area contributed by atoms with Crippen LogP contribution >= 0.6 is 0 Å². The highest BCUT2D eigenvalue weighted by Gasteiger charge is 2.66. The van der Waals surface area contributed by atoms with Gasteiger partial charge in [0.05, 0.1) is 16.8 Å². The zero-order valence-electron chi connectivity index (χ0n) is 22.3. The number of hydrogen-bond donors (Lipinski definition) is 1. The summed E-state index contributed by atoms with van der Waals surface area (Å²) in [4.78, 5) is 26.7. The molecular weight excluding hydrogens is 619 g/mol. The van der Waals surface area contributed by atoms with E-state index in [0.717, 1.165) is 0 Å². The molecule has 3 aromatic carbocycles. The van der Waals surface area contributed by atoms with E-state index in [1.54, 1.807) is 0 Å². The summed E-state index contributed by atoms with van der Waals surface area (Å²) in [6.07, 6.45) is -10.3. The maximum Gasteiger partial charge on any atom is 0.432 e. The number of carbonyl (C=O) groups is 2. The Morgan fingerprint density at radius 1 is 0.767 bits per heavy atom. The first kappa shape index (κ1) is 34.0. The molecule has 3 aromatic rings. The molecule has 0 saturated heterocycles. The summed E-state index contributed by atoms with van der Waals surface area (Å²) in [7, 11) is -6.56. The molecular formula is C29H27F5O7S2. The summed E-state index contributed by atoms with van der Waals surface area (Å²) in [6.45, 7) is 0. The van der Waals surface area contributed by atoms with Crippen molar-refractivity contribution < 1.29 is 54.4 Å². The van der Waals surface area contributed by atoms with Crippen LogP contribution < -0.4 is 5.11 Å². The zero-order chi connectivity index (χ0) is 31.8. The third-order valence-corrected chi connectivity index (χ3v) is 9.62. The number of ether oxygens (including phenoxy) is 1. The van der Waals surface area contributed by atoms with E-state index in [0.29, 0.717) is 6.42 Å². The van der Waals surface area contributed by atoms with Crippen molar-refractivity contribution in [3.8, 4) is 0 Å². The van der Waals surface area contributed by atoms with Crippen LogP contribution in [0.5, 0.6) is 0 Å². The van der Waals surface area contributed by atoms with Crippen molar-refractivity contribution in [2.45, 2.75) is 57.9 Å². The van der Waals surface area contributed by atoms with E-state index in [1.807, 2.05) is 0 Å². The lowest BCUT2D eigenvalue weighted by Crippen LogP contribution is -2.53. The van der Waals surface area contributed by atoms with Gasteiger partial charge in [0.15, 0.2) is 14.7 Å². The first-order chi connectivity index (χ1) is 20.1. The molecule has 0 aromatic heterocycles. The second-order valence-electron chi connectivity index (χ2n) is 9.46. The van der Waals surface area contributed by atoms with Crippen molar-refractivity contribution in [1.82, 2.24) is 0 Å². The molecule has 0 amide bonds. The van der Waals surface area contributed by atoms with Crippen molar-refractivity contribution >= 4 is 33.0 Å². The van der Waals surface area contributed by atoms with Gasteiger partial charge in [0.1, 0.15) is 0 Å². The SMILES string of the molecule is O=C([O-])C1CCCCC1C(=O)OC(C(F)(F)F)C(F)(F)S(=O)(=O)O.c1ccc([S+](c2ccccc2)c2ccccc2)cc1. The van der Waals surface area contributed by atoms with Crippen molar-refractivity contribution in [3.63, 3.8) is 0 Å². The van der Waals surface area contributed by atoms with Crippen LogP contribution in [0.15, 0.2) is 106 Å². The summed E-state index contributed by atoms with van der Waals surface area (Å²) >= 11 is 0. The van der Waals surface area contributed by atoms with E-state index in [1.165, 1.54) is 14.7 Å². The van der Waals surface area contributed by atoms with Crippen LogP contribution in [0.4, 0.5) is 22.0 Å². The maximum atomic E-state index is 13.3. The number of carbonyl (C=O) groups excluding carboxylic acids is 2. The Bertz CT molecular complexity index is 1360. The lowest BCUT2D eigenvalue weighted by Gasteiger charge is -2.33. The van der Waals surface area contributed by atoms with Crippen molar-refractivity contribution in [2.75, 3.05) is 0 Å². The highest BCUT2D eigenvalue weighted by Crippen LogP contribution is 2.40. The quantitative estimate of drug-likeness (QED) is 0.153. The minimum atomic E-state index is -6.55.